The molecule has 2 heterocycles. The molecule has 2 saturated heterocycles. The van der Waals surface area contributed by atoms with Crippen molar-refractivity contribution in [2.24, 2.45) is 17.8 Å². The molecule has 2 aromatic rings. The number of aromatic hydroxyl groups is 1. The van der Waals surface area contributed by atoms with Crippen LogP contribution < -0.4 is 15.0 Å². The smallest absolute Gasteiger partial charge is 0.324 e. The number of hydrogen-bond donors (Lipinski definition) is 3. The van der Waals surface area contributed by atoms with Gasteiger partial charge in [0, 0.05) is 16.1 Å². The summed E-state index contributed by atoms with van der Waals surface area (Å²) in [5.74, 6) is -4.14. The minimum absolute atomic E-state index is 0.0726. The van der Waals surface area contributed by atoms with Crippen LogP contribution in [0.1, 0.15) is 31.9 Å². The first-order valence-electron chi connectivity index (χ1n) is 10.6. The number of anilines is 1. The van der Waals surface area contributed by atoms with E-state index >= 15 is 0 Å². The number of carbonyl (C=O) groups excluding carboxylic acids is 2. The van der Waals surface area contributed by atoms with E-state index in [2.05, 4.69) is 21.2 Å². The molecule has 0 aliphatic carbocycles. The molecule has 0 radical (unpaired) electrons. The van der Waals surface area contributed by atoms with Gasteiger partial charge in [-0.2, -0.15) is 0 Å². The molecule has 0 aromatic heterocycles. The van der Waals surface area contributed by atoms with Crippen LogP contribution in [-0.2, 0) is 14.4 Å². The van der Waals surface area contributed by atoms with Crippen LogP contribution in [0.4, 0.5) is 5.69 Å². The van der Waals surface area contributed by atoms with Crippen molar-refractivity contribution in [2.45, 2.75) is 31.8 Å². The highest BCUT2D eigenvalue weighted by Gasteiger charge is 2.68. The maximum atomic E-state index is 13.7. The van der Waals surface area contributed by atoms with Gasteiger partial charge in [0.05, 0.1) is 24.6 Å². The Bertz CT molecular complexity index is 1120. The fraction of sp³-hybridized carbons (Fsp3) is 0.375. The number of amides is 2. The number of methoxy groups -OCH3 is 1. The van der Waals surface area contributed by atoms with E-state index in [1.807, 2.05) is 13.8 Å². The summed E-state index contributed by atoms with van der Waals surface area (Å²) in [7, 11) is 1.47. The van der Waals surface area contributed by atoms with Crippen LogP contribution in [0.5, 0.6) is 11.5 Å². The summed E-state index contributed by atoms with van der Waals surface area (Å²) in [6.45, 7) is 3.73. The fourth-order valence-electron chi connectivity index (χ4n) is 5.14. The largest absolute Gasteiger partial charge is 0.508 e. The number of phenolic OH excluding ortho intramolecular Hbond substituents is 1. The number of aliphatic carboxylic acids is 1. The Morgan fingerprint density at radius 3 is 2.42 bits per heavy atom. The molecule has 2 aliphatic rings. The Morgan fingerprint density at radius 1 is 1.18 bits per heavy atom. The van der Waals surface area contributed by atoms with E-state index in [-0.39, 0.29) is 18.1 Å². The lowest BCUT2D eigenvalue weighted by molar-refractivity contribution is -0.149. The Balaban J connectivity index is 1.89. The van der Waals surface area contributed by atoms with Crippen molar-refractivity contribution in [1.82, 2.24) is 5.32 Å². The molecule has 9 heteroatoms. The average Bonchev–Trinajstić information content (AvgIpc) is 3.23. The highest BCUT2D eigenvalue weighted by Crippen LogP contribution is 2.53. The topological polar surface area (TPSA) is 116 Å². The summed E-state index contributed by atoms with van der Waals surface area (Å²) in [6, 6.07) is 10.4. The molecule has 0 saturated carbocycles. The number of nitrogens with zero attached hydrogens (tertiary/aromatic N) is 1. The lowest BCUT2D eigenvalue weighted by Gasteiger charge is -2.32. The second kappa shape index (κ2) is 8.46. The average molecular weight is 517 g/mol. The number of fused-ring (bicyclic) bond motifs is 1. The quantitative estimate of drug-likeness (QED) is 0.503. The lowest BCUT2D eigenvalue weighted by Crippen LogP contribution is -2.56. The third-order valence-electron chi connectivity index (χ3n) is 6.42. The summed E-state index contributed by atoms with van der Waals surface area (Å²) in [5, 5.41) is 24.1. The van der Waals surface area contributed by atoms with Gasteiger partial charge < -0.3 is 14.9 Å². The molecule has 4 atom stereocenters. The summed E-state index contributed by atoms with van der Waals surface area (Å²) in [6.07, 6.45) is 0.137. The first-order valence-corrected chi connectivity index (χ1v) is 11.4. The standard InChI is InChI=1S/C24H25BrN2O6/c1-12(2)11-24(23(31)32)19-18(20(26-24)16-10-15(33-3)8-9-17(16)28)21(29)27(22(19)30)14-6-4-13(25)5-7-14/h4-10,12,18-20,26,28H,11H2,1-3H3,(H,31,32). The van der Waals surface area contributed by atoms with Crippen molar-refractivity contribution in [3.05, 3.63) is 52.5 Å². The van der Waals surface area contributed by atoms with E-state index in [9.17, 15) is 24.6 Å². The van der Waals surface area contributed by atoms with E-state index < -0.39 is 41.2 Å². The maximum absolute atomic E-state index is 13.7. The molecule has 4 rings (SSSR count). The van der Waals surface area contributed by atoms with Crippen LogP contribution in [0.15, 0.2) is 46.9 Å². The summed E-state index contributed by atoms with van der Waals surface area (Å²) < 4.78 is 6.06. The minimum atomic E-state index is -1.67. The van der Waals surface area contributed by atoms with Crippen molar-refractivity contribution < 1.29 is 29.3 Å². The predicted molar refractivity (Wildman–Crippen MR) is 124 cm³/mol. The second-order valence-electron chi connectivity index (χ2n) is 8.91. The number of benzene rings is 2. The van der Waals surface area contributed by atoms with E-state index in [1.54, 1.807) is 36.4 Å². The zero-order valence-corrected chi connectivity index (χ0v) is 20.0. The van der Waals surface area contributed by atoms with Gasteiger partial charge >= 0.3 is 5.97 Å². The third kappa shape index (κ3) is 3.69. The monoisotopic (exact) mass is 516 g/mol. The number of nitrogens with one attached hydrogen (secondary N) is 1. The summed E-state index contributed by atoms with van der Waals surface area (Å²) >= 11 is 3.34. The zero-order chi connectivity index (χ0) is 24.1. The first-order chi connectivity index (χ1) is 15.6. The Morgan fingerprint density at radius 2 is 1.85 bits per heavy atom. The minimum Gasteiger partial charge on any atom is -0.508 e. The molecule has 0 bridgehead atoms. The number of rotatable bonds is 6. The van der Waals surface area contributed by atoms with Gasteiger partial charge in [-0.25, -0.2) is 4.90 Å². The highest BCUT2D eigenvalue weighted by atomic mass is 79.9. The Labute approximate surface area is 199 Å². The molecule has 33 heavy (non-hydrogen) atoms. The Kier molecular flexibility index (Phi) is 5.96. The number of hydrogen-bond acceptors (Lipinski definition) is 6. The molecule has 2 aliphatic heterocycles. The molecule has 3 N–H and O–H groups in total. The van der Waals surface area contributed by atoms with Crippen LogP contribution in [0, 0.1) is 17.8 Å². The van der Waals surface area contributed by atoms with Gasteiger partial charge in [0.1, 0.15) is 17.0 Å². The fourth-order valence-corrected chi connectivity index (χ4v) is 5.40. The maximum Gasteiger partial charge on any atom is 0.324 e. The van der Waals surface area contributed by atoms with Crippen molar-refractivity contribution in [1.29, 1.82) is 0 Å². The lowest BCUT2D eigenvalue weighted by atomic mass is 9.75. The number of carbonyl (C=O) groups is 3. The number of phenols is 1. The van der Waals surface area contributed by atoms with Crippen LogP contribution >= 0.6 is 15.9 Å². The number of halogens is 1. The summed E-state index contributed by atoms with van der Waals surface area (Å²) in [5.41, 5.74) is -0.981. The molecule has 2 amide bonds. The Hall–Kier alpha value is -2.91. The molecule has 2 aromatic carbocycles. The van der Waals surface area contributed by atoms with Gasteiger partial charge in [-0.3, -0.25) is 19.7 Å². The molecule has 0 spiro atoms. The highest BCUT2D eigenvalue weighted by molar-refractivity contribution is 9.10. The number of ether oxygens (including phenoxy) is 1. The van der Waals surface area contributed by atoms with Gasteiger partial charge in [0.15, 0.2) is 0 Å². The third-order valence-corrected chi connectivity index (χ3v) is 6.95. The van der Waals surface area contributed by atoms with Crippen molar-refractivity contribution >= 4 is 39.4 Å². The van der Waals surface area contributed by atoms with Gasteiger partial charge in [-0.15, -0.1) is 0 Å². The predicted octanol–water partition coefficient (Wildman–Crippen LogP) is 3.48. The molecule has 2 fully saturated rings. The van der Waals surface area contributed by atoms with Crippen LogP contribution in [0.25, 0.3) is 0 Å². The van der Waals surface area contributed by atoms with E-state index in [1.165, 1.54) is 13.2 Å². The molecule has 8 nitrogen and oxygen atoms in total. The SMILES string of the molecule is COc1ccc(O)c(C2NC(CC(C)C)(C(=O)O)C3C(=O)N(c4ccc(Br)cc4)C(=O)C23)c1. The second-order valence-corrected chi connectivity index (χ2v) is 9.83. The summed E-state index contributed by atoms with van der Waals surface area (Å²) in [4.78, 5) is 41.1. The van der Waals surface area contributed by atoms with Gasteiger partial charge in [0.2, 0.25) is 11.8 Å². The molecule has 4 unspecified atom stereocenters. The number of imide groups is 1. The van der Waals surface area contributed by atoms with Crippen LogP contribution in [0.2, 0.25) is 0 Å². The van der Waals surface area contributed by atoms with Crippen molar-refractivity contribution in [3.63, 3.8) is 0 Å². The molecule has 174 valence electrons. The molecular weight excluding hydrogens is 492 g/mol. The van der Waals surface area contributed by atoms with Crippen LogP contribution in [-0.4, -0.2) is 40.6 Å². The van der Waals surface area contributed by atoms with Crippen molar-refractivity contribution in [2.75, 3.05) is 12.0 Å². The number of carboxylic acids is 1. The van der Waals surface area contributed by atoms with Gasteiger partial charge in [-0.1, -0.05) is 29.8 Å². The zero-order valence-electron chi connectivity index (χ0n) is 18.4. The van der Waals surface area contributed by atoms with Gasteiger partial charge in [-0.05, 0) is 54.8 Å². The van der Waals surface area contributed by atoms with Crippen molar-refractivity contribution in [3.8, 4) is 11.5 Å². The van der Waals surface area contributed by atoms with E-state index in [0.29, 0.717) is 17.0 Å². The normalized spacial score (nSPS) is 26.7. The van der Waals surface area contributed by atoms with Crippen LogP contribution in [0.3, 0.4) is 0 Å². The number of carboxylic acid groups (broad SMARTS) is 1. The van der Waals surface area contributed by atoms with E-state index in [0.717, 1.165) is 9.37 Å². The molecular formula is C24H25BrN2O6. The van der Waals surface area contributed by atoms with Gasteiger partial charge in [0.25, 0.3) is 0 Å². The first kappa shape index (κ1) is 23.3. The van der Waals surface area contributed by atoms with E-state index in [4.69, 9.17) is 4.74 Å².